The molecule has 226 valence electrons. The lowest BCUT2D eigenvalue weighted by atomic mass is 9.39. The second kappa shape index (κ2) is 9.88. The van der Waals surface area contributed by atoms with Crippen molar-refractivity contribution in [1.29, 1.82) is 0 Å². The number of aliphatic hydroxyl groups is 1. The first-order valence-corrected chi connectivity index (χ1v) is 14.8. The predicted molar refractivity (Wildman–Crippen MR) is 158 cm³/mol. The standard InChI is InChI=1S/C35H38O8/c1-8-19-13-22(21-11-9-10-20(12-21)17(4)36)23-14-33(6)15-34(7)26(16(2)3)29(39)24(18(5)37)31(41)35(34,43)32(42)27(33)30(40)25(23)28(19)38/h9-13,16,24,26-27,38,43H,8,14-15H2,1-7H3/t24?,26?,27?,33-,34-,35+/m1/s1. The summed E-state index contributed by atoms with van der Waals surface area (Å²) >= 11 is 0. The fraction of sp³-hybridized carbons (Fsp3) is 0.486. The molecule has 0 amide bonds. The van der Waals surface area contributed by atoms with Gasteiger partial charge in [0.05, 0.1) is 11.5 Å². The number of ketones is 6. The van der Waals surface area contributed by atoms with E-state index in [1.165, 1.54) is 6.92 Å². The molecule has 2 aromatic carbocycles. The molecule has 2 saturated carbocycles. The Morgan fingerprint density at radius 2 is 1.67 bits per heavy atom. The first kappa shape index (κ1) is 30.7. The molecule has 0 spiro atoms. The van der Waals surface area contributed by atoms with Crippen molar-refractivity contribution in [2.24, 2.45) is 34.5 Å². The Hall–Kier alpha value is -3.78. The molecule has 0 saturated heterocycles. The highest BCUT2D eigenvalue weighted by atomic mass is 16.3. The number of hydrogen-bond donors (Lipinski definition) is 2. The van der Waals surface area contributed by atoms with Gasteiger partial charge in [0.15, 0.2) is 34.5 Å². The normalized spacial score (nSPS) is 31.9. The van der Waals surface area contributed by atoms with Gasteiger partial charge < -0.3 is 10.2 Å². The summed E-state index contributed by atoms with van der Waals surface area (Å²) < 4.78 is 0. The van der Waals surface area contributed by atoms with E-state index in [-0.39, 0.29) is 29.9 Å². The minimum atomic E-state index is -2.74. The molecule has 0 radical (unpaired) electrons. The number of aromatic hydroxyl groups is 1. The Morgan fingerprint density at radius 1 is 1.02 bits per heavy atom. The van der Waals surface area contributed by atoms with E-state index in [0.29, 0.717) is 34.2 Å². The quantitative estimate of drug-likeness (QED) is 0.385. The minimum absolute atomic E-state index is 0.0216. The van der Waals surface area contributed by atoms with Crippen LogP contribution in [-0.4, -0.2) is 50.5 Å². The highest BCUT2D eigenvalue weighted by molar-refractivity contribution is 6.32. The van der Waals surface area contributed by atoms with Gasteiger partial charge in [0, 0.05) is 16.9 Å². The molecular formula is C35H38O8. The lowest BCUT2D eigenvalue weighted by Gasteiger charge is -2.62. The van der Waals surface area contributed by atoms with E-state index >= 15 is 0 Å². The molecule has 3 aliphatic carbocycles. The Labute approximate surface area is 250 Å². The SMILES string of the molecule is CCc1cc(-c2cccc(C(C)=O)c2)c2c(c1O)C(=O)C1C(=O)[C@@]3(O)C(=O)C(C(C)=O)C(=O)C(C(C)C)[C@@]3(C)C[C@@]1(C)C2. The van der Waals surface area contributed by atoms with E-state index in [1.54, 1.807) is 52.0 Å². The van der Waals surface area contributed by atoms with Gasteiger partial charge in [-0.3, -0.25) is 28.8 Å². The molecule has 2 fully saturated rings. The number of phenolic OH excluding ortho intramolecular Hbond substituents is 1. The Balaban J connectivity index is 1.78. The summed E-state index contributed by atoms with van der Waals surface area (Å²) in [5.74, 6) is -9.31. The second-order valence-electron chi connectivity index (χ2n) is 13.6. The van der Waals surface area contributed by atoms with Gasteiger partial charge in [-0.2, -0.15) is 0 Å². The number of Topliss-reactive ketones (excluding diaryl/α,β-unsaturated/α-hetero) is 6. The Bertz CT molecular complexity index is 1650. The molecule has 8 heteroatoms. The number of carbonyl (C=O) groups excluding carboxylic acids is 6. The Kier molecular flexibility index (Phi) is 7.04. The van der Waals surface area contributed by atoms with Crippen molar-refractivity contribution in [1.82, 2.24) is 0 Å². The first-order chi connectivity index (χ1) is 20.0. The van der Waals surface area contributed by atoms with Gasteiger partial charge in [-0.15, -0.1) is 0 Å². The van der Waals surface area contributed by atoms with E-state index in [4.69, 9.17) is 0 Å². The molecule has 0 aliphatic heterocycles. The third kappa shape index (κ3) is 3.98. The minimum Gasteiger partial charge on any atom is -0.507 e. The van der Waals surface area contributed by atoms with Crippen molar-refractivity contribution in [2.75, 3.05) is 0 Å². The topological polar surface area (TPSA) is 143 Å². The summed E-state index contributed by atoms with van der Waals surface area (Å²) in [6.07, 6.45) is 0.490. The van der Waals surface area contributed by atoms with Crippen molar-refractivity contribution in [3.05, 3.63) is 52.6 Å². The summed E-state index contributed by atoms with van der Waals surface area (Å²) in [7, 11) is 0. The van der Waals surface area contributed by atoms with Crippen molar-refractivity contribution < 1.29 is 39.0 Å². The van der Waals surface area contributed by atoms with Gasteiger partial charge in [-0.25, -0.2) is 0 Å². The summed E-state index contributed by atoms with van der Waals surface area (Å²) in [6, 6.07) is 8.79. The fourth-order valence-corrected chi connectivity index (χ4v) is 8.69. The van der Waals surface area contributed by atoms with Crippen LogP contribution < -0.4 is 0 Å². The first-order valence-electron chi connectivity index (χ1n) is 14.8. The van der Waals surface area contributed by atoms with Crippen LogP contribution in [0.3, 0.4) is 0 Å². The molecule has 0 bridgehead atoms. The van der Waals surface area contributed by atoms with Crippen LogP contribution in [0.1, 0.15) is 86.7 Å². The third-order valence-corrected chi connectivity index (χ3v) is 10.4. The monoisotopic (exact) mass is 586 g/mol. The summed E-state index contributed by atoms with van der Waals surface area (Å²) in [6.45, 7) is 11.2. The number of hydrogen-bond acceptors (Lipinski definition) is 8. The van der Waals surface area contributed by atoms with E-state index in [1.807, 2.05) is 13.0 Å². The molecule has 43 heavy (non-hydrogen) atoms. The van der Waals surface area contributed by atoms with Crippen LogP contribution in [0.4, 0.5) is 0 Å². The average Bonchev–Trinajstić information content (AvgIpc) is 2.90. The smallest absolute Gasteiger partial charge is 0.190 e. The van der Waals surface area contributed by atoms with Gasteiger partial charge in [-0.1, -0.05) is 52.8 Å². The largest absolute Gasteiger partial charge is 0.507 e. The van der Waals surface area contributed by atoms with Gasteiger partial charge in [-0.05, 0) is 78.8 Å². The Morgan fingerprint density at radius 3 is 2.23 bits per heavy atom. The molecule has 3 aliphatic rings. The van der Waals surface area contributed by atoms with Crippen molar-refractivity contribution in [2.45, 2.75) is 73.3 Å². The lowest BCUT2D eigenvalue weighted by molar-refractivity contribution is -0.205. The van der Waals surface area contributed by atoms with E-state index in [2.05, 4.69) is 0 Å². The van der Waals surface area contributed by atoms with E-state index < -0.39 is 69.0 Å². The van der Waals surface area contributed by atoms with Crippen LogP contribution >= 0.6 is 0 Å². The van der Waals surface area contributed by atoms with Gasteiger partial charge in [0.25, 0.3) is 0 Å². The number of phenols is 1. The van der Waals surface area contributed by atoms with E-state index in [0.717, 1.165) is 6.92 Å². The van der Waals surface area contributed by atoms with Crippen LogP contribution in [-0.2, 0) is 32.0 Å². The molecule has 0 heterocycles. The van der Waals surface area contributed by atoms with Crippen molar-refractivity contribution in [3.8, 4) is 16.9 Å². The van der Waals surface area contributed by atoms with Crippen LogP contribution in [0.2, 0.25) is 0 Å². The highest BCUT2D eigenvalue weighted by Crippen LogP contribution is 2.64. The van der Waals surface area contributed by atoms with Crippen LogP contribution in [0.5, 0.6) is 5.75 Å². The van der Waals surface area contributed by atoms with Crippen molar-refractivity contribution in [3.63, 3.8) is 0 Å². The number of aryl methyl sites for hydroxylation is 1. The predicted octanol–water partition coefficient (Wildman–Crippen LogP) is 4.52. The maximum absolute atomic E-state index is 14.5. The molecule has 6 atom stereocenters. The number of rotatable bonds is 5. The van der Waals surface area contributed by atoms with Gasteiger partial charge in [0.1, 0.15) is 17.5 Å². The zero-order valence-corrected chi connectivity index (χ0v) is 25.7. The van der Waals surface area contributed by atoms with Gasteiger partial charge >= 0.3 is 0 Å². The fourth-order valence-electron chi connectivity index (χ4n) is 8.69. The van der Waals surface area contributed by atoms with Crippen LogP contribution in [0.15, 0.2) is 30.3 Å². The second-order valence-corrected chi connectivity index (χ2v) is 13.6. The zero-order chi connectivity index (χ0) is 32.0. The number of fused-ring (bicyclic) bond motifs is 3. The molecular weight excluding hydrogens is 548 g/mol. The molecule has 2 N–H and O–H groups in total. The van der Waals surface area contributed by atoms with E-state index in [9.17, 15) is 39.0 Å². The van der Waals surface area contributed by atoms with Crippen molar-refractivity contribution >= 4 is 34.7 Å². The third-order valence-electron chi connectivity index (χ3n) is 10.4. The summed E-state index contributed by atoms with van der Waals surface area (Å²) in [5, 5.41) is 23.5. The number of benzene rings is 2. The van der Waals surface area contributed by atoms with Crippen LogP contribution in [0, 0.1) is 34.5 Å². The summed E-state index contributed by atoms with van der Waals surface area (Å²) in [5.41, 5.74) is -2.70. The lowest BCUT2D eigenvalue weighted by Crippen LogP contribution is -2.76. The molecule has 8 nitrogen and oxygen atoms in total. The molecule has 2 aromatic rings. The zero-order valence-electron chi connectivity index (χ0n) is 25.7. The average molecular weight is 587 g/mol. The maximum atomic E-state index is 14.5. The number of carbonyl (C=O) groups is 6. The molecule has 0 aromatic heterocycles. The molecule has 3 unspecified atom stereocenters. The summed E-state index contributed by atoms with van der Waals surface area (Å²) in [4.78, 5) is 81.2. The molecule has 5 rings (SSSR count). The maximum Gasteiger partial charge on any atom is 0.190 e. The van der Waals surface area contributed by atoms with Gasteiger partial charge in [0.2, 0.25) is 0 Å². The van der Waals surface area contributed by atoms with Crippen LogP contribution in [0.25, 0.3) is 11.1 Å². The highest BCUT2D eigenvalue weighted by Gasteiger charge is 2.76.